The molecule has 9 heteroatoms. The molecule has 0 saturated heterocycles. The Morgan fingerprint density at radius 2 is 1.64 bits per heavy atom. The van der Waals surface area contributed by atoms with E-state index in [0.29, 0.717) is 17.7 Å². The van der Waals surface area contributed by atoms with Gasteiger partial charge in [0.1, 0.15) is 16.8 Å². The second-order valence-electron chi connectivity index (χ2n) is 7.61. The summed E-state index contributed by atoms with van der Waals surface area (Å²) in [5.74, 6) is -0.484. The lowest BCUT2D eigenvalue weighted by Gasteiger charge is -2.33. The predicted octanol–water partition coefficient (Wildman–Crippen LogP) is 4.47. The van der Waals surface area contributed by atoms with Crippen molar-refractivity contribution in [1.82, 2.24) is 15.2 Å². The maximum Gasteiger partial charge on any atom is 0.257 e. The zero-order chi connectivity index (χ0) is 23.3. The van der Waals surface area contributed by atoms with Crippen LogP contribution in [0.1, 0.15) is 27.6 Å². The van der Waals surface area contributed by atoms with E-state index >= 15 is 3.89 Å². The zero-order valence-corrected chi connectivity index (χ0v) is 19.1. The molecule has 0 spiro atoms. The molecule has 0 aliphatic carbocycles. The van der Waals surface area contributed by atoms with E-state index in [1.165, 1.54) is 0 Å². The van der Waals surface area contributed by atoms with Crippen molar-refractivity contribution in [3.05, 3.63) is 102 Å². The van der Waals surface area contributed by atoms with Gasteiger partial charge in [-0.2, -0.15) is 0 Å². The van der Waals surface area contributed by atoms with E-state index in [1.54, 1.807) is 54.9 Å². The third-order valence-electron chi connectivity index (χ3n) is 4.86. The fourth-order valence-corrected chi connectivity index (χ4v) is 5.10. The SMILES string of the molecule is CN(C)CC(OS1(F)C(NC(=O)c2ccccc2)=NN=C1c1ccncc1)c1ccccc1. The molecule has 0 fully saturated rings. The summed E-state index contributed by atoms with van der Waals surface area (Å²) in [5.41, 5.74) is 1.68. The smallest absolute Gasteiger partial charge is 0.257 e. The molecule has 1 aromatic heterocycles. The second-order valence-corrected chi connectivity index (χ2v) is 9.55. The van der Waals surface area contributed by atoms with Crippen molar-refractivity contribution in [3.8, 4) is 0 Å². The lowest BCUT2D eigenvalue weighted by Crippen LogP contribution is -2.36. The largest absolute Gasteiger partial charge is 0.306 e. The van der Waals surface area contributed by atoms with Gasteiger partial charge >= 0.3 is 0 Å². The van der Waals surface area contributed by atoms with Gasteiger partial charge in [0.2, 0.25) is 5.17 Å². The van der Waals surface area contributed by atoms with E-state index in [1.807, 2.05) is 49.3 Å². The zero-order valence-electron chi connectivity index (χ0n) is 18.3. The number of hydrogen-bond acceptors (Lipinski definition) is 6. The van der Waals surface area contributed by atoms with Crippen LogP contribution in [-0.4, -0.2) is 46.6 Å². The normalized spacial score (nSPS) is 20.5. The molecule has 0 bridgehead atoms. The summed E-state index contributed by atoms with van der Waals surface area (Å²) in [7, 11) is 0.0534. The van der Waals surface area contributed by atoms with Crippen LogP contribution in [0, 0.1) is 0 Å². The summed E-state index contributed by atoms with van der Waals surface area (Å²) >= 11 is 0. The molecule has 7 nitrogen and oxygen atoms in total. The summed E-state index contributed by atoms with van der Waals surface area (Å²) < 4.78 is 23.1. The van der Waals surface area contributed by atoms with Crippen molar-refractivity contribution in [2.45, 2.75) is 6.10 Å². The van der Waals surface area contributed by atoms with Gasteiger partial charge in [0.15, 0.2) is 5.04 Å². The number of rotatable bonds is 7. The number of halogens is 1. The molecule has 170 valence electrons. The van der Waals surface area contributed by atoms with Crippen molar-refractivity contribution in [2.24, 2.45) is 10.2 Å². The highest BCUT2D eigenvalue weighted by Gasteiger charge is 2.46. The number of carbonyl (C=O) groups excluding carboxylic acids is 1. The van der Waals surface area contributed by atoms with Gasteiger partial charge in [-0.3, -0.25) is 19.3 Å². The van der Waals surface area contributed by atoms with Crippen LogP contribution in [0.2, 0.25) is 0 Å². The van der Waals surface area contributed by atoms with Crippen LogP contribution in [0.4, 0.5) is 3.89 Å². The average Bonchev–Trinajstić information content (AvgIpc) is 3.15. The molecule has 2 unspecified atom stereocenters. The van der Waals surface area contributed by atoms with Gasteiger partial charge in [-0.1, -0.05) is 48.5 Å². The van der Waals surface area contributed by atoms with Crippen LogP contribution in [0.15, 0.2) is 95.4 Å². The molecular weight excluding hydrogens is 441 g/mol. The number of amides is 1. The molecule has 2 aromatic carbocycles. The number of hydrogen-bond donors (Lipinski definition) is 1. The fraction of sp³-hybridized carbons (Fsp3) is 0.167. The first-order chi connectivity index (χ1) is 16.0. The van der Waals surface area contributed by atoms with Crippen molar-refractivity contribution in [1.29, 1.82) is 0 Å². The van der Waals surface area contributed by atoms with Crippen molar-refractivity contribution in [2.75, 3.05) is 20.6 Å². The Kier molecular flexibility index (Phi) is 6.93. The molecule has 1 amide bonds. The van der Waals surface area contributed by atoms with Crippen LogP contribution >= 0.6 is 10.7 Å². The molecule has 33 heavy (non-hydrogen) atoms. The molecule has 2 heterocycles. The van der Waals surface area contributed by atoms with Crippen LogP contribution in [-0.2, 0) is 4.18 Å². The Balaban J connectivity index is 1.69. The molecule has 1 aliphatic heterocycles. The molecule has 3 aromatic rings. The third-order valence-corrected chi connectivity index (χ3v) is 6.86. The van der Waals surface area contributed by atoms with E-state index < -0.39 is 22.7 Å². The van der Waals surface area contributed by atoms with Gasteiger partial charge < -0.3 is 4.90 Å². The summed E-state index contributed by atoms with van der Waals surface area (Å²) in [4.78, 5) is 18.7. The van der Waals surface area contributed by atoms with Gasteiger partial charge in [0.05, 0.1) is 0 Å². The van der Waals surface area contributed by atoms with Crippen LogP contribution in [0.3, 0.4) is 0 Å². The lowest BCUT2D eigenvalue weighted by molar-refractivity contribution is 0.0977. The molecule has 2 atom stereocenters. The standard InChI is InChI=1S/C24H24FN5O2S/c1-30(2)17-21(18-9-5-3-6-10-18)32-33(25)23(20-13-15-26-16-14-20)28-29-24(33)27-22(31)19-11-7-4-8-12-19/h3-16,21H,17H2,1-2H3,(H,27,29,31). The van der Waals surface area contributed by atoms with Gasteiger partial charge in [-0.25, -0.2) is 0 Å². The van der Waals surface area contributed by atoms with E-state index in [9.17, 15) is 4.79 Å². The first-order valence-corrected chi connectivity index (χ1v) is 11.8. The number of amidine groups is 1. The van der Waals surface area contributed by atoms with Gasteiger partial charge in [0.25, 0.3) is 5.91 Å². The minimum absolute atomic E-state index is 0.0351. The number of aromatic nitrogens is 1. The van der Waals surface area contributed by atoms with Crippen LogP contribution < -0.4 is 5.32 Å². The number of pyridine rings is 1. The topological polar surface area (TPSA) is 79.2 Å². The predicted molar refractivity (Wildman–Crippen MR) is 130 cm³/mol. The highest BCUT2D eigenvalue weighted by molar-refractivity contribution is 8.49. The number of likely N-dealkylation sites (N-methyl/N-ethyl adjacent to an activating group) is 1. The maximum absolute atomic E-state index is 16.9. The maximum atomic E-state index is 16.9. The lowest BCUT2D eigenvalue weighted by atomic mass is 10.1. The van der Waals surface area contributed by atoms with Crippen LogP contribution in [0.25, 0.3) is 0 Å². The second kappa shape index (κ2) is 10.0. The number of carbonyl (C=O) groups is 1. The highest BCUT2D eigenvalue weighted by Crippen LogP contribution is 2.60. The summed E-state index contributed by atoms with van der Waals surface area (Å²) in [5, 5.41) is 10.5. The number of nitrogens with zero attached hydrogens (tertiary/aromatic N) is 4. The van der Waals surface area contributed by atoms with Crippen molar-refractivity contribution in [3.63, 3.8) is 0 Å². The monoisotopic (exact) mass is 465 g/mol. The number of benzene rings is 2. The minimum atomic E-state index is -3.72. The Labute approximate surface area is 193 Å². The van der Waals surface area contributed by atoms with Gasteiger partial charge in [-0.05, 0) is 43.9 Å². The molecule has 0 saturated carbocycles. The fourth-order valence-electron chi connectivity index (χ4n) is 3.28. The van der Waals surface area contributed by atoms with Gasteiger partial charge in [0, 0.05) is 30.1 Å². The molecular formula is C24H24FN5O2S. The molecule has 1 N–H and O–H groups in total. The minimum Gasteiger partial charge on any atom is -0.306 e. The highest BCUT2D eigenvalue weighted by atomic mass is 32.3. The summed E-state index contributed by atoms with van der Waals surface area (Å²) in [6.45, 7) is 0.423. The van der Waals surface area contributed by atoms with E-state index in [-0.39, 0.29) is 10.2 Å². The quantitative estimate of drug-likeness (QED) is 0.559. The van der Waals surface area contributed by atoms with E-state index in [4.69, 9.17) is 4.18 Å². The van der Waals surface area contributed by atoms with Crippen LogP contribution in [0.5, 0.6) is 0 Å². The Bertz CT molecular complexity index is 1160. The van der Waals surface area contributed by atoms with Gasteiger partial charge in [-0.15, -0.1) is 14.1 Å². The first kappa shape index (κ1) is 22.8. The third kappa shape index (κ3) is 5.16. The summed E-state index contributed by atoms with van der Waals surface area (Å²) in [6.07, 6.45) is 2.48. The average molecular weight is 466 g/mol. The Morgan fingerprint density at radius 3 is 2.27 bits per heavy atom. The van der Waals surface area contributed by atoms with Crippen molar-refractivity contribution < 1.29 is 12.9 Å². The van der Waals surface area contributed by atoms with Crippen molar-refractivity contribution >= 4 is 26.8 Å². The Hall–Kier alpha value is -3.40. The molecule has 1 aliphatic rings. The van der Waals surface area contributed by atoms with E-state index in [0.717, 1.165) is 5.56 Å². The van der Waals surface area contributed by atoms with E-state index in [2.05, 4.69) is 20.5 Å². The molecule has 4 rings (SSSR count). The Morgan fingerprint density at radius 1 is 1.00 bits per heavy atom. The summed E-state index contributed by atoms with van der Waals surface area (Å²) in [6, 6.07) is 21.2. The first-order valence-electron chi connectivity index (χ1n) is 10.3. The molecule has 0 radical (unpaired) electrons. The number of nitrogens with one attached hydrogen (secondary N) is 1.